The van der Waals surface area contributed by atoms with Crippen molar-refractivity contribution < 1.29 is 8.42 Å². The summed E-state index contributed by atoms with van der Waals surface area (Å²) in [5.41, 5.74) is 2.87. The molecule has 0 aliphatic rings. The number of sulfonamides is 1. The molecule has 0 fully saturated rings. The van der Waals surface area contributed by atoms with Crippen LogP contribution in [0.5, 0.6) is 0 Å². The normalized spacial score (nSPS) is 11.7. The second kappa shape index (κ2) is 8.43. The summed E-state index contributed by atoms with van der Waals surface area (Å²) in [6.45, 7) is 4.13. The van der Waals surface area contributed by atoms with Crippen molar-refractivity contribution in [2.75, 3.05) is 12.3 Å². The summed E-state index contributed by atoms with van der Waals surface area (Å²) in [6, 6.07) is 12.5. The molecule has 9 heteroatoms. The third-order valence-electron chi connectivity index (χ3n) is 3.91. The molecule has 3 rings (SSSR count). The van der Waals surface area contributed by atoms with Gasteiger partial charge < -0.3 is 0 Å². The third kappa shape index (κ3) is 4.90. The van der Waals surface area contributed by atoms with E-state index in [0.29, 0.717) is 15.9 Å². The smallest absolute Gasteiger partial charge is 0.240 e. The first-order valence-corrected chi connectivity index (χ1v) is 11.1. The molecule has 2 aromatic carbocycles. The van der Waals surface area contributed by atoms with Crippen LogP contribution >= 0.6 is 23.4 Å². The van der Waals surface area contributed by atoms with Crippen LogP contribution in [0, 0.1) is 13.8 Å². The highest BCUT2D eigenvalue weighted by molar-refractivity contribution is 7.99. The standard InChI is InChI=1S/C18H19ClN4O2S2/c1-13-3-7-16(8-4-13)27(24,25)21-9-10-26-18-22-20-12-23(18)15-6-5-14(2)17(19)11-15/h3-8,11-12,21H,9-10H2,1-2H3. The van der Waals surface area contributed by atoms with Gasteiger partial charge >= 0.3 is 0 Å². The lowest BCUT2D eigenvalue weighted by Crippen LogP contribution is -2.26. The van der Waals surface area contributed by atoms with E-state index in [1.165, 1.54) is 11.8 Å². The highest BCUT2D eigenvalue weighted by Gasteiger charge is 2.14. The SMILES string of the molecule is Cc1ccc(S(=O)(=O)NCCSc2nncn2-c2ccc(C)c(Cl)c2)cc1. The van der Waals surface area contributed by atoms with Crippen molar-refractivity contribution >= 4 is 33.4 Å². The van der Waals surface area contributed by atoms with Crippen molar-refractivity contribution in [1.82, 2.24) is 19.5 Å². The zero-order valence-corrected chi connectivity index (χ0v) is 17.3. The van der Waals surface area contributed by atoms with Gasteiger partial charge in [-0.05, 0) is 43.7 Å². The summed E-state index contributed by atoms with van der Waals surface area (Å²) in [6.07, 6.45) is 1.61. The van der Waals surface area contributed by atoms with Gasteiger partial charge in [-0.1, -0.05) is 47.1 Å². The van der Waals surface area contributed by atoms with E-state index < -0.39 is 10.0 Å². The molecular formula is C18H19ClN4O2S2. The Balaban J connectivity index is 1.61. The largest absolute Gasteiger partial charge is 0.277 e. The van der Waals surface area contributed by atoms with Crippen molar-refractivity contribution in [3.8, 4) is 5.69 Å². The molecule has 6 nitrogen and oxygen atoms in total. The summed E-state index contributed by atoms with van der Waals surface area (Å²) >= 11 is 7.61. The molecule has 27 heavy (non-hydrogen) atoms. The lowest BCUT2D eigenvalue weighted by atomic mass is 10.2. The number of rotatable bonds is 7. The Labute approximate surface area is 168 Å². The van der Waals surface area contributed by atoms with E-state index in [0.717, 1.165) is 16.8 Å². The Hall–Kier alpha value is -1.87. The van der Waals surface area contributed by atoms with Crippen molar-refractivity contribution in [3.05, 3.63) is 64.9 Å². The number of thioether (sulfide) groups is 1. The molecule has 0 saturated carbocycles. The maximum atomic E-state index is 12.3. The number of aromatic nitrogens is 3. The number of nitrogens with zero attached hydrogens (tertiary/aromatic N) is 3. The average molecular weight is 423 g/mol. The number of benzene rings is 2. The highest BCUT2D eigenvalue weighted by atomic mass is 35.5. The molecule has 0 saturated heterocycles. The Morgan fingerprint density at radius 3 is 2.59 bits per heavy atom. The van der Waals surface area contributed by atoms with Gasteiger partial charge in [0.15, 0.2) is 5.16 Å². The van der Waals surface area contributed by atoms with E-state index in [2.05, 4.69) is 14.9 Å². The minimum Gasteiger partial charge on any atom is -0.277 e. The molecule has 0 unspecified atom stereocenters. The maximum Gasteiger partial charge on any atom is 0.240 e. The highest BCUT2D eigenvalue weighted by Crippen LogP contribution is 2.23. The number of halogens is 1. The lowest BCUT2D eigenvalue weighted by Gasteiger charge is -2.09. The van der Waals surface area contributed by atoms with Crippen LogP contribution in [0.4, 0.5) is 0 Å². The molecule has 0 atom stereocenters. The predicted octanol–water partition coefficient (Wildman–Crippen LogP) is 3.61. The fourth-order valence-corrected chi connectivity index (χ4v) is 4.47. The second-order valence-corrected chi connectivity index (χ2v) is 9.21. The summed E-state index contributed by atoms with van der Waals surface area (Å²) < 4.78 is 29.0. The number of nitrogens with one attached hydrogen (secondary N) is 1. The Bertz CT molecular complexity index is 1030. The minimum absolute atomic E-state index is 0.260. The molecule has 142 valence electrons. The van der Waals surface area contributed by atoms with Crippen molar-refractivity contribution in [2.45, 2.75) is 23.9 Å². The lowest BCUT2D eigenvalue weighted by molar-refractivity contribution is 0.584. The van der Waals surface area contributed by atoms with E-state index in [4.69, 9.17) is 11.6 Å². The Morgan fingerprint density at radius 1 is 1.15 bits per heavy atom. The van der Waals surface area contributed by atoms with E-state index in [1.807, 2.05) is 36.6 Å². The fraction of sp³-hybridized carbons (Fsp3) is 0.222. The molecule has 1 heterocycles. The van der Waals surface area contributed by atoms with Gasteiger partial charge in [-0.15, -0.1) is 10.2 Å². The zero-order valence-electron chi connectivity index (χ0n) is 14.9. The molecule has 3 aromatic rings. The van der Waals surface area contributed by atoms with Crippen LogP contribution in [0.25, 0.3) is 5.69 Å². The van der Waals surface area contributed by atoms with Gasteiger partial charge in [-0.3, -0.25) is 4.57 Å². The molecule has 0 aliphatic heterocycles. The first kappa shape index (κ1) is 19.9. The quantitative estimate of drug-likeness (QED) is 0.465. The van der Waals surface area contributed by atoms with Crippen molar-refractivity contribution in [2.24, 2.45) is 0 Å². The topological polar surface area (TPSA) is 76.9 Å². The Kier molecular flexibility index (Phi) is 6.21. The zero-order chi connectivity index (χ0) is 19.4. The van der Waals surface area contributed by atoms with Gasteiger partial charge in [0.05, 0.1) is 10.6 Å². The minimum atomic E-state index is -3.51. The monoisotopic (exact) mass is 422 g/mol. The van der Waals surface area contributed by atoms with E-state index in [-0.39, 0.29) is 11.4 Å². The first-order chi connectivity index (χ1) is 12.9. The molecule has 0 amide bonds. The van der Waals surface area contributed by atoms with E-state index in [1.54, 1.807) is 30.6 Å². The molecule has 1 N–H and O–H groups in total. The fourth-order valence-electron chi connectivity index (χ4n) is 2.35. The van der Waals surface area contributed by atoms with Crippen LogP contribution < -0.4 is 4.72 Å². The van der Waals surface area contributed by atoms with Gasteiger partial charge in [0.25, 0.3) is 0 Å². The van der Waals surface area contributed by atoms with Crippen LogP contribution in [0.1, 0.15) is 11.1 Å². The van der Waals surface area contributed by atoms with Crippen LogP contribution in [-0.2, 0) is 10.0 Å². The second-order valence-electron chi connectivity index (χ2n) is 5.98. The van der Waals surface area contributed by atoms with Gasteiger partial charge in [-0.2, -0.15) is 0 Å². The van der Waals surface area contributed by atoms with Gasteiger partial charge in [0, 0.05) is 17.3 Å². The summed E-state index contributed by atoms with van der Waals surface area (Å²) in [7, 11) is -3.51. The maximum absolute atomic E-state index is 12.3. The van der Waals surface area contributed by atoms with Crippen molar-refractivity contribution in [3.63, 3.8) is 0 Å². The van der Waals surface area contributed by atoms with Gasteiger partial charge in [0.2, 0.25) is 10.0 Å². The number of hydrogen-bond acceptors (Lipinski definition) is 5. The Morgan fingerprint density at radius 2 is 1.89 bits per heavy atom. The summed E-state index contributed by atoms with van der Waals surface area (Å²) in [4.78, 5) is 0.260. The van der Waals surface area contributed by atoms with Crippen LogP contribution in [0.3, 0.4) is 0 Å². The molecule has 0 radical (unpaired) electrons. The first-order valence-electron chi connectivity index (χ1n) is 8.22. The molecule has 0 aliphatic carbocycles. The van der Waals surface area contributed by atoms with Gasteiger partial charge in [-0.25, -0.2) is 13.1 Å². The molecule has 1 aromatic heterocycles. The molecule has 0 bridgehead atoms. The average Bonchev–Trinajstić information content (AvgIpc) is 3.10. The molecular weight excluding hydrogens is 404 g/mol. The van der Waals surface area contributed by atoms with E-state index in [9.17, 15) is 8.42 Å². The van der Waals surface area contributed by atoms with E-state index >= 15 is 0 Å². The predicted molar refractivity (Wildman–Crippen MR) is 108 cm³/mol. The van der Waals surface area contributed by atoms with Crippen LogP contribution in [0.15, 0.2) is 58.8 Å². The number of hydrogen-bond donors (Lipinski definition) is 1. The summed E-state index contributed by atoms with van der Waals surface area (Å²) in [5.74, 6) is 0.517. The van der Waals surface area contributed by atoms with Crippen LogP contribution in [-0.4, -0.2) is 35.5 Å². The van der Waals surface area contributed by atoms with Crippen LogP contribution in [0.2, 0.25) is 5.02 Å². The molecule has 0 spiro atoms. The number of aryl methyl sites for hydroxylation is 2. The third-order valence-corrected chi connectivity index (χ3v) is 6.74. The van der Waals surface area contributed by atoms with Gasteiger partial charge in [0.1, 0.15) is 6.33 Å². The summed E-state index contributed by atoms with van der Waals surface area (Å²) in [5, 5.41) is 9.39. The van der Waals surface area contributed by atoms with Crippen molar-refractivity contribution in [1.29, 1.82) is 0 Å².